The van der Waals surface area contributed by atoms with Gasteiger partial charge >= 0.3 is 51.0 Å². The van der Waals surface area contributed by atoms with Crippen molar-refractivity contribution >= 4 is 24.8 Å². The number of carbonyl (C=O) groups excluding carboxylic acids is 3. The number of hydrogen-bond donors (Lipinski definition) is 0. The Morgan fingerprint density at radius 2 is 1.08 bits per heavy atom. The van der Waals surface area contributed by atoms with E-state index >= 15 is 0 Å². The zero-order valence-corrected chi connectivity index (χ0v) is 7.79. The van der Waals surface area contributed by atoms with Gasteiger partial charge in [0, 0.05) is 0 Å². The van der Waals surface area contributed by atoms with E-state index in [1.54, 1.807) is 0 Å². The molecule has 0 aliphatic rings. The normalized spacial score (nSPS) is 5.54. The predicted octanol–water partition coefficient (Wildman–Crippen LogP) is -0.333. The molecule has 6 radical (unpaired) electrons. The second-order valence-corrected chi connectivity index (χ2v) is 2.05. The van der Waals surface area contributed by atoms with Crippen LogP contribution in [0.2, 0.25) is 0 Å². The van der Waals surface area contributed by atoms with Crippen LogP contribution in [0.1, 0.15) is 0 Å². The third-order valence-electron chi connectivity index (χ3n) is 0.743. The van der Waals surface area contributed by atoms with Crippen molar-refractivity contribution in [1.82, 2.24) is 0 Å². The van der Waals surface area contributed by atoms with E-state index < -0.39 is 0 Å². The molecule has 13 heavy (non-hydrogen) atoms. The van der Waals surface area contributed by atoms with Crippen LogP contribution in [0.25, 0.3) is 0 Å². The minimum absolute atomic E-state index is 1.20. The maximum atomic E-state index is 7.50. The van der Waals surface area contributed by atoms with Crippen molar-refractivity contribution in [2.45, 2.75) is 0 Å². The van der Waals surface area contributed by atoms with Gasteiger partial charge in [-0.1, -0.05) is 0 Å². The van der Waals surface area contributed by atoms with Crippen LogP contribution in [0.4, 0.5) is 0 Å². The van der Waals surface area contributed by atoms with E-state index in [0.717, 1.165) is 0 Å². The molecule has 0 amide bonds. The van der Waals surface area contributed by atoms with E-state index in [0.29, 0.717) is 0 Å². The molecular weight excluding hydrogens is 208 g/mol. The van der Waals surface area contributed by atoms with Crippen molar-refractivity contribution in [2.75, 3.05) is 0 Å². The van der Waals surface area contributed by atoms with E-state index in [1.807, 2.05) is 30.3 Å². The predicted molar refractivity (Wildman–Crippen MR) is 43.2 cm³/mol. The standard InChI is InChI=1S/C6H5.3CO.Cr/c1-2-4-6-5-3-1;3*1-2;/h1-5H;;;;. The van der Waals surface area contributed by atoms with Crippen molar-refractivity contribution in [3.8, 4) is 0 Å². The summed E-state index contributed by atoms with van der Waals surface area (Å²) >= 11 is 2.90. The van der Waals surface area contributed by atoms with Crippen molar-refractivity contribution in [1.29, 1.82) is 0 Å². The van der Waals surface area contributed by atoms with Crippen LogP contribution in [0, 0.1) is 0 Å². The Hall–Kier alpha value is -1.24. The summed E-state index contributed by atoms with van der Waals surface area (Å²) in [4.78, 5) is 22.5. The van der Waals surface area contributed by atoms with Gasteiger partial charge in [-0.25, -0.2) is 0 Å². The fourth-order valence-electron chi connectivity index (χ4n) is 0.420. The summed E-state index contributed by atoms with van der Waals surface area (Å²) in [6.45, 7) is 13.5. The van der Waals surface area contributed by atoms with E-state index in [4.69, 9.17) is 14.4 Å². The molecule has 0 N–H and O–H groups in total. The number of hydrogen-bond acceptors (Lipinski definition) is 3. The van der Waals surface area contributed by atoms with E-state index in [9.17, 15) is 0 Å². The van der Waals surface area contributed by atoms with Crippen LogP contribution in [0.3, 0.4) is 0 Å². The monoisotopic (exact) mass is 213 g/mol. The molecule has 0 aromatic heterocycles. The average molecular weight is 213 g/mol. The third kappa shape index (κ3) is 18.1. The summed E-state index contributed by atoms with van der Waals surface area (Å²) in [6.07, 6.45) is 0. The van der Waals surface area contributed by atoms with Crippen LogP contribution >= 0.6 is 0 Å². The fourth-order valence-corrected chi connectivity index (χ4v) is 0.666. The Kier molecular flexibility index (Phi) is 30.6. The summed E-state index contributed by atoms with van der Waals surface area (Å²) in [5, 5.41) is 0. The van der Waals surface area contributed by atoms with Gasteiger partial charge in [0.1, 0.15) is 0 Å². The summed E-state index contributed by atoms with van der Waals surface area (Å²) in [5.74, 6) is 0. The van der Waals surface area contributed by atoms with Crippen LogP contribution in [-0.2, 0) is 30.7 Å². The van der Waals surface area contributed by atoms with Crippen molar-refractivity contribution < 1.29 is 30.7 Å². The van der Waals surface area contributed by atoms with Crippen molar-refractivity contribution in [3.63, 3.8) is 0 Å². The summed E-state index contributed by atoms with van der Waals surface area (Å²) < 4.78 is 1.20. The zero-order valence-electron chi connectivity index (χ0n) is 6.52. The summed E-state index contributed by atoms with van der Waals surface area (Å²) in [7, 11) is 0. The van der Waals surface area contributed by atoms with Gasteiger partial charge in [-0.2, -0.15) is 0 Å². The SMILES string of the molecule is [C]=O.[C]=O.[C]=O.[Cr][c]1ccccc1. The quantitative estimate of drug-likeness (QED) is 0.592. The van der Waals surface area contributed by atoms with Gasteiger partial charge in [-0.3, -0.25) is 14.4 Å². The Labute approximate surface area is 86.2 Å². The van der Waals surface area contributed by atoms with Gasteiger partial charge in [0.15, 0.2) is 0 Å². The van der Waals surface area contributed by atoms with Gasteiger partial charge in [-0.15, -0.1) is 0 Å². The van der Waals surface area contributed by atoms with Gasteiger partial charge in [0.2, 0.25) is 0 Å². The van der Waals surface area contributed by atoms with Gasteiger partial charge < -0.3 is 0 Å². The van der Waals surface area contributed by atoms with E-state index in [2.05, 4.69) is 36.7 Å². The summed E-state index contributed by atoms with van der Waals surface area (Å²) in [6, 6.07) is 10.1. The van der Waals surface area contributed by atoms with Crippen molar-refractivity contribution in [3.05, 3.63) is 30.3 Å². The van der Waals surface area contributed by atoms with Crippen LogP contribution in [0.5, 0.6) is 0 Å². The van der Waals surface area contributed by atoms with Crippen LogP contribution in [-0.4, -0.2) is 20.4 Å². The molecule has 0 aliphatic heterocycles. The molecule has 0 fully saturated rings. The molecule has 0 atom stereocenters. The molecule has 4 heteroatoms. The molecule has 1 aromatic rings. The molecule has 3 nitrogen and oxygen atoms in total. The second-order valence-electron chi connectivity index (χ2n) is 1.31. The topological polar surface area (TPSA) is 51.2 Å². The molecule has 0 heterocycles. The Morgan fingerprint density at radius 1 is 0.769 bits per heavy atom. The van der Waals surface area contributed by atoms with Gasteiger partial charge in [0.25, 0.3) is 20.4 Å². The minimum atomic E-state index is 1.20. The Balaban J connectivity index is -0.000000144. The first-order valence-corrected chi connectivity index (χ1v) is 3.36. The molecule has 0 unspecified atom stereocenters. The van der Waals surface area contributed by atoms with Crippen LogP contribution in [0.15, 0.2) is 30.3 Å². The Bertz CT molecular complexity index is 175. The molecular formula is C9H5CrO3. The van der Waals surface area contributed by atoms with Gasteiger partial charge in [-0.05, 0) is 0 Å². The van der Waals surface area contributed by atoms with Gasteiger partial charge in [0.05, 0.1) is 0 Å². The molecule has 1 rings (SSSR count). The number of benzene rings is 1. The maximum absolute atomic E-state index is 7.50. The molecule has 65 valence electrons. The molecule has 0 bridgehead atoms. The molecule has 0 saturated heterocycles. The van der Waals surface area contributed by atoms with Crippen molar-refractivity contribution in [2.24, 2.45) is 0 Å². The average Bonchev–Trinajstić information content (AvgIpc) is 2.28. The zero-order chi connectivity index (χ0) is 11.1. The molecule has 0 spiro atoms. The van der Waals surface area contributed by atoms with E-state index in [1.165, 1.54) is 4.43 Å². The molecule has 1 aromatic carbocycles. The first kappa shape index (κ1) is 17.7. The molecule has 0 aliphatic carbocycles. The summed E-state index contributed by atoms with van der Waals surface area (Å²) in [5.41, 5.74) is 0. The van der Waals surface area contributed by atoms with Crippen LogP contribution < -0.4 is 4.43 Å². The number of rotatable bonds is 0. The Morgan fingerprint density at radius 3 is 1.23 bits per heavy atom. The third-order valence-corrected chi connectivity index (χ3v) is 1.17. The first-order valence-electron chi connectivity index (χ1n) is 2.73. The first-order chi connectivity index (χ1) is 6.39. The van der Waals surface area contributed by atoms with E-state index in [-0.39, 0.29) is 0 Å². The molecule has 0 saturated carbocycles. The second kappa shape index (κ2) is 22.4. The fraction of sp³-hybridized carbons (Fsp3) is 0.